The highest BCUT2D eigenvalue weighted by molar-refractivity contribution is 5.08. The van der Waals surface area contributed by atoms with Gasteiger partial charge >= 0.3 is 0 Å². The molecule has 0 aliphatic carbocycles. The van der Waals surface area contributed by atoms with Gasteiger partial charge in [-0.3, -0.25) is 10.3 Å². The van der Waals surface area contributed by atoms with E-state index in [4.69, 9.17) is 5.26 Å². The van der Waals surface area contributed by atoms with E-state index < -0.39 is 0 Å². The van der Waals surface area contributed by atoms with Crippen molar-refractivity contribution in [2.45, 2.75) is 25.9 Å². The van der Waals surface area contributed by atoms with Gasteiger partial charge in [0.25, 0.3) is 0 Å². The Bertz CT molecular complexity index is 289. The quantitative estimate of drug-likeness (QED) is 0.759. The summed E-state index contributed by atoms with van der Waals surface area (Å²) in [5.41, 5.74) is 0.963. The van der Waals surface area contributed by atoms with Crippen LogP contribution in [-0.2, 0) is 0 Å². The molecule has 13 heavy (non-hydrogen) atoms. The highest BCUT2D eigenvalue weighted by Gasteiger charge is 2.08. The Hall–Kier alpha value is -1.40. The molecule has 0 aromatic carbocycles. The number of hydrogen-bond donors (Lipinski definition) is 1. The third-order valence-electron chi connectivity index (χ3n) is 1.83. The minimum absolute atomic E-state index is 0.121. The van der Waals surface area contributed by atoms with E-state index in [1.165, 1.54) is 0 Å². The van der Waals surface area contributed by atoms with Crippen molar-refractivity contribution in [2.75, 3.05) is 0 Å². The molecule has 0 saturated carbocycles. The molecule has 1 aromatic rings. The molecule has 1 heterocycles. The van der Waals surface area contributed by atoms with E-state index in [1.807, 2.05) is 32.0 Å². The molecule has 0 saturated heterocycles. The van der Waals surface area contributed by atoms with Crippen LogP contribution in [-0.4, -0.2) is 11.0 Å². The van der Waals surface area contributed by atoms with E-state index in [1.54, 1.807) is 6.20 Å². The van der Waals surface area contributed by atoms with Crippen molar-refractivity contribution in [2.24, 2.45) is 0 Å². The maximum atomic E-state index is 8.60. The predicted molar refractivity (Wildman–Crippen MR) is 50.9 cm³/mol. The summed E-state index contributed by atoms with van der Waals surface area (Å²) in [4.78, 5) is 4.19. The zero-order chi connectivity index (χ0) is 9.68. The van der Waals surface area contributed by atoms with Gasteiger partial charge in [0.05, 0.1) is 17.8 Å². The second-order valence-electron chi connectivity index (χ2n) is 2.99. The Kier molecular flexibility index (Phi) is 3.41. The van der Waals surface area contributed by atoms with Crippen LogP contribution in [0.1, 0.15) is 25.6 Å². The normalized spacial score (nSPS) is 14.5. The maximum absolute atomic E-state index is 8.60. The van der Waals surface area contributed by atoms with Crippen LogP contribution in [0.25, 0.3) is 0 Å². The molecular weight excluding hydrogens is 162 g/mol. The molecule has 2 atom stereocenters. The summed E-state index contributed by atoms with van der Waals surface area (Å²) in [6.45, 7) is 3.83. The lowest BCUT2D eigenvalue weighted by Crippen LogP contribution is -2.27. The highest BCUT2D eigenvalue weighted by Crippen LogP contribution is 2.08. The Morgan fingerprint density at radius 1 is 1.46 bits per heavy atom. The lowest BCUT2D eigenvalue weighted by atomic mass is 10.2. The standard InChI is InChI=1S/C10H13N3/c1-8(7-11)13-9(2)10-5-3-4-6-12-10/h3-6,8-9,13H,1-2H3/t8?,9-/m0/s1. The monoisotopic (exact) mass is 175 g/mol. The van der Waals surface area contributed by atoms with Crippen molar-refractivity contribution in [1.29, 1.82) is 5.26 Å². The molecule has 0 spiro atoms. The van der Waals surface area contributed by atoms with Gasteiger partial charge in [-0.05, 0) is 26.0 Å². The minimum atomic E-state index is -0.142. The summed E-state index contributed by atoms with van der Waals surface area (Å²) in [5, 5.41) is 11.7. The third-order valence-corrected chi connectivity index (χ3v) is 1.83. The van der Waals surface area contributed by atoms with Crippen LogP contribution in [0.3, 0.4) is 0 Å². The van der Waals surface area contributed by atoms with Crippen molar-refractivity contribution in [3.63, 3.8) is 0 Å². The van der Waals surface area contributed by atoms with Gasteiger partial charge < -0.3 is 0 Å². The molecule has 0 bridgehead atoms. The lowest BCUT2D eigenvalue weighted by molar-refractivity contribution is 0.532. The Morgan fingerprint density at radius 2 is 2.23 bits per heavy atom. The lowest BCUT2D eigenvalue weighted by Gasteiger charge is -2.14. The van der Waals surface area contributed by atoms with Crippen LogP contribution in [0.4, 0.5) is 0 Å². The first-order valence-corrected chi connectivity index (χ1v) is 4.30. The van der Waals surface area contributed by atoms with Gasteiger partial charge in [0.2, 0.25) is 0 Å². The van der Waals surface area contributed by atoms with Crippen molar-refractivity contribution in [3.05, 3.63) is 30.1 Å². The van der Waals surface area contributed by atoms with Crippen LogP contribution < -0.4 is 5.32 Å². The summed E-state index contributed by atoms with van der Waals surface area (Å²) in [6, 6.07) is 7.87. The topological polar surface area (TPSA) is 48.7 Å². The first-order valence-electron chi connectivity index (χ1n) is 4.30. The molecule has 0 aliphatic heterocycles. The van der Waals surface area contributed by atoms with Gasteiger partial charge in [-0.15, -0.1) is 0 Å². The average Bonchev–Trinajstić information content (AvgIpc) is 2.19. The van der Waals surface area contributed by atoms with Crippen molar-refractivity contribution < 1.29 is 0 Å². The summed E-state index contributed by atoms with van der Waals surface area (Å²) < 4.78 is 0. The summed E-state index contributed by atoms with van der Waals surface area (Å²) >= 11 is 0. The second-order valence-corrected chi connectivity index (χ2v) is 2.99. The number of nitriles is 1. The van der Waals surface area contributed by atoms with Gasteiger partial charge in [-0.1, -0.05) is 6.07 Å². The molecule has 0 aliphatic rings. The van der Waals surface area contributed by atoms with E-state index in [0.29, 0.717) is 0 Å². The van der Waals surface area contributed by atoms with Gasteiger partial charge in [-0.2, -0.15) is 5.26 Å². The molecular formula is C10H13N3. The van der Waals surface area contributed by atoms with E-state index in [2.05, 4.69) is 16.4 Å². The average molecular weight is 175 g/mol. The molecule has 0 fully saturated rings. The van der Waals surface area contributed by atoms with Crippen LogP contribution in [0, 0.1) is 11.3 Å². The number of aromatic nitrogens is 1. The first-order chi connectivity index (χ1) is 6.24. The fraction of sp³-hybridized carbons (Fsp3) is 0.400. The summed E-state index contributed by atoms with van der Waals surface area (Å²) in [6.07, 6.45) is 1.75. The number of hydrogen-bond acceptors (Lipinski definition) is 3. The number of rotatable bonds is 3. The van der Waals surface area contributed by atoms with E-state index in [0.717, 1.165) is 5.69 Å². The molecule has 68 valence electrons. The molecule has 3 nitrogen and oxygen atoms in total. The molecule has 3 heteroatoms. The number of nitrogens with zero attached hydrogens (tertiary/aromatic N) is 2. The molecule has 1 unspecified atom stereocenters. The van der Waals surface area contributed by atoms with E-state index in [-0.39, 0.29) is 12.1 Å². The van der Waals surface area contributed by atoms with E-state index >= 15 is 0 Å². The van der Waals surface area contributed by atoms with Gasteiger partial charge in [-0.25, -0.2) is 0 Å². The Balaban J connectivity index is 2.60. The fourth-order valence-corrected chi connectivity index (χ4v) is 1.13. The zero-order valence-corrected chi connectivity index (χ0v) is 7.86. The van der Waals surface area contributed by atoms with Crippen LogP contribution in [0.2, 0.25) is 0 Å². The molecule has 0 amide bonds. The highest BCUT2D eigenvalue weighted by atomic mass is 15.0. The number of pyridine rings is 1. The van der Waals surface area contributed by atoms with Gasteiger partial charge in [0, 0.05) is 12.2 Å². The molecule has 1 N–H and O–H groups in total. The minimum Gasteiger partial charge on any atom is -0.294 e. The third kappa shape index (κ3) is 2.85. The summed E-state index contributed by atoms with van der Waals surface area (Å²) in [7, 11) is 0. The zero-order valence-electron chi connectivity index (χ0n) is 7.86. The smallest absolute Gasteiger partial charge is 0.0929 e. The summed E-state index contributed by atoms with van der Waals surface area (Å²) in [5.74, 6) is 0. The Labute approximate surface area is 78.4 Å². The van der Waals surface area contributed by atoms with Gasteiger partial charge in [0.1, 0.15) is 0 Å². The maximum Gasteiger partial charge on any atom is 0.0929 e. The second kappa shape index (κ2) is 4.58. The molecule has 1 aromatic heterocycles. The van der Waals surface area contributed by atoms with Crippen molar-refractivity contribution in [1.82, 2.24) is 10.3 Å². The largest absolute Gasteiger partial charge is 0.294 e. The molecule has 1 rings (SSSR count). The van der Waals surface area contributed by atoms with E-state index in [9.17, 15) is 0 Å². The Morgan fingerprint density at radius 3 is 2.77 bits per heavy atom. The van der Waals surface area contributed by atoms with Gasteiger partial charge in [0.15, 0.2) is 0 Å². The van der Waals surface area contributed by atoms with Crippen LogP contribution >= 0.6 is 0 Å². The molecule has 0 radical (unpaired) electrons. The SMILES string of the molecule is CC(C#N)N[C@@H](C)c1ccccn1. The fourth-order valence-electron chi connectivity index (χ4n) is 1.13. The first kappa shape index (κ1) is 9.69. The van der Waals surface area contributed by atoms with Crippen molar-refractivity contribution >= 4 is 0 Å². The van der Waals surface area contributed by atoms with Crippen LogP contribution in [0.5, 0.6) is 0 Å². The van der Waals surface area contributed by atoms with Crippen LogP contribution in [0.15, 0.2) is 24.4 Å². The van der Waals surface area contributed by atoms with Crippen molar-refractivity contribution in [3.8, 4) is 6.07 Å². The number of nitrogens with one attached hydrogen (secondary N) is 1. The predicted octanol–water partition coefficient (Wildman–Crippen LogP) is 1.64.